The summed E-state index contributed by atoms with van der Waals surface area (Å²) in [5, 5.41) is 17.0. The van der Waals surface area contributed by atoms with Gasteiger partial charge in [0, 0.05) is 18.5 Å². The summed E-state index contributed by atoms with van der Waals surface area (Å²) in [5.41, 5.74) is 1.90. The summed E-state index contributed by atoms with van der Waals surface area (Å²) in [5.74, 6) is 1.77. The van der Waals surface area contributed by atoms with E-state index < -0.39 is 6.10 Å². The number of benzene rings is 1. The topological polar surface area (TPSA) is 93.8 Å². The highest BCUT2D eigenvalue weighted by atomic mass is 16.6. The molecule has 1 aliphatic carbocycles. The van der Waals surface area contributed by atoms with Crippen LogP contribution in [0.25, 0.3) is 0 Å². The molecule has 2 heterocycles. The largest absolute Gasteiger partial charge is 0.486 e. The zero-order chi connectivity index (χ0) is 17.2. The highest BCUT2D eigenvalue weighted by Gasteiger charge is 2.24. The van der Waals surface area contributed by atoms with Crippen molar-refractivity contribution in [3.05, 3.63) is 40.8 Å². The van der Waals surface area contributed by atoms with Crippen LogP contribution in [0.5, 0.6) is 11.5 Å². The lowest BCUT2D eigenvalue weighted by Gasteiger charge is -2.20. The molecular formula is C18H20N2O5. The predicted molar refractivity (Wildman–Crippen MR) is 87.9 cm³/mol. The molecule has 4 rings (SSSR count). The molecule has 1 atom stereocenters. The number of hydrogen-bond acceptors (Lipinski definition) is 6. The van der Waals surface area contributed by atoms with Crippen LogP contribution >= 0.6 is 0 Å². The maximum absolute atomic E-state index is 12.4. The Morgan fingerprint density at radius 1 is 1.20 bits per heavy atom. The molecule has 7 nitrogen and oxygen atoms in total. The molecule has 0 spiro atoms. The Labute approximate surface area is 144 Å². The van der Waals surface area contributed by atoms with Crippen LogP contribution in [0.15, 0.2) is 22.7 Å². The van der Waals surface area contributed by atoms with Crippen molar-refractivity contribution in [1.82, 2.24) is 10.5 Å². The van der Waals surface area contributed by atoms with Gasteiger partial charge in [-0.15, -0.1) is 0 Å². The Morgan fingerprint density at radius 3 is 2.88 bits per heavy atom. The Bertz CT molecular complexity index is 786. The molecule has 0 radical (unpaired) electrons. The fourth-order valence-electron chi connectivity index (χ4n) is 3.22. The number of aromatic nitrogens is 1. The maximum Gasteiger partial charge on any atom is 0.273 e. The summed E-state index contributed by atoms with van der Waals surface area (Å²) in [6.45, 7) is 1.09. The standard InChI is InChI=1S/C18H20N2O5/c21-13(11-5-6-15-16(9-11)24-8-7-23-15)10-19-18(22)17-12-3-1-2-4-14(12)25-20-17/h5-6,9,13,21H,1-4,7-8,10H2,(H,19,22)/t13-/m0/s1. The van der Waals surface area contributed by atoms with Crippen molar-refractivity contribution in [3.8, 4) is 11.5 Å². The number of hydrogen-bond donors (Lipinski definition) is 2. The summed E-state index contributed by atoms with van der Waals surface area (Å²) in [4.78, 5) is 12.4. The van der Waals surface area contributed by atoms with E-state index in [2.05, 4.69) is 10.5 Å². The van der Waals surface area contributed by atoms with E-state index >= 15 is 0 Å². The average Bonchev–Trinajstić information content (AvgIpc) is 3.09. The van der Waals surface area contributed by atoms with Crippen molar-refractivity contribution in [1.29, 1.82) is 0 Å². The lowest BCUT2D eigenvalue weighted by atomic mass is 9.96. The average molecular weight is 344 g/mol. The fraction of sp³-hybridized carbons (Fsp3) is 0.444. The molecule has 132 valence electrons. The zero-order valence-electron chi connectivity index (χ0n) is 13.8. The summed E-state index contributed by atoms with van der Waals surface area (Å²) < 4.78 is 16.2. The number of nitrogens with zero attached hydrogens (tertiary/aromatic N) is 1. The Hall–Kier alpha value is -2.54. The molecule has 1 aromatic heterocycles. The lowest BCUT2D eigenvalue weighted by Crippen LogP contribution is -2.29. The van der Waals surface area contributed by atoms with Crippen molar-refractivity contribution in [2.45, 2.75) is 31.8 Å². The number of aryl methyl sites for hydroxylation is 1. The molecule has 2 N–H and O–H groups in total. The van der Waals surface area contributed by atoms with Gasteiger partial charge in [0.05, 0.1) is 6.10 Å². The van der Waals surface area contributed by atoms with Crippen LogP contribution in [0.3, 0.4) is 0 Å². The van der Waals surface area contributed by atoms with Gasteiger partial charge in [0.15, 0.2) is 17.2 Å². The van der Waals surface area contributed by atoms with Gasteiger partial charge in [0.25, 0.3) is 5.91 Å². The maximum atomic E-state index is 12.4. The van der Waals surface area contributed by atoms with E-state index in [0.717, 1.165) is 37.0 Å². The highest BCUT2D eigenvalue weighted by Crippen LogP contribution is 2.32. The van der Waals surface area contributed by atoms with Crippen molar-refractivity contribution in [3.63, 3.8) is 0 Å². The summed E-state index contributed by atoms with van der Waals surface area (Å²) in [6, 6.07) is 5.27. The van der Waals surface area contributed by atoms with E-state index in [1.165, 1.54) is 0 Å². The molecule has 7 heteroatoms. The number of carbonyl (C=O) groups excluding carboxylic acids is 1. The van der Waals surface area contributed by atoms with Crippen LogP contribution in [0, 0.1) is 0 Å². The number of aliphatic hydroxyl groups is 1. The van der Waals surface area contributed by atoms with Crippen molar-refractivity contribution >= 4 is 5.91 Å². The summed E-state index contributed by atoms with van der Waals surface area (Å²) in [7, 11) is 0. The fourth-order valence-corrected chi connectivity index (χ4v) is 3.22. The molecular weight excluding hydrogens is 324 g/mol. The molecule has 1 aliphatic heterocycles. The molecule has 2 aromatic rings. The third kappa shape index (κ3) is 3.19. The first kappa shape index (κ1) is 16.0. The molecule has 0 saturated carbocycles. The molecule has 0 bridgehead atoms. The van der Waals surface area contributed by atoms with Crippen LogP contribution in [-0.2, 0) is 12.8 Å². The van der Waals surface area contributed by atoms with Crippen LogP contribution in [0.1, 0.15) is 46.3 Å². The molecule has 1 aromatic carbocycles. The normalized spacial score (nSPS) is 16.8. The number of rotatable bonds is 4. The van der Waals surface area contributed by atoms with Crippen molar-refractivity contribution in [2.24, 2.45) is 0 Å². The second-order valence-corrected chi connectivity index (χ2v) is 6.27. The first-order valence-corrected chi connectivity index (χ1v) is 8.55. The van der Waals surface area contributed by atoms with Gasteiger partial charge >= 0.3 is 0 Å². The minimum Gasteiger partial charge on any atom is -0.486 e. The number of ether oxygens (including phenoxy) is 2. The first-order valence-electron chi connectivity index (χ1n) is 8.55. The van der Waals surface area contributed by atoms with Crippen LogP contribution in [0.2, 0.25) is 0 Å². The third-order valence-corrected chi connectivity index (χ3v) is 4.57. The van der Waals surface area contributed by atoms with Gasteiger partial charge < -0.3 is 24.4 Å². The highest BCUT2D eigenvalue weighted by molar-refractivity contribution is 5.93. The van der Waals surface area contributed by atoms with Gasteiger partial charge in [-0.05, 0) is 37.0 Å². The smallest absolute Gasteiger partial charge is 0.273 e. The van der Waals surface area contributed by atoms with Gasteiger partial charge in [-0.1, -0.05) is 11.2 Å². The van der Waals surface area contributed by atoms with Crippen molar-refractivity contribution < 1.29 is 23.9 Å². The van der Waals surface area contributed by atoms with E-state index in [0.29, 0.717) is 36.0 Å². The second-order valence-electron chi connectivity index (χ2n) is 6.27. The van der Waals surface area contributed by atoms with Crippen molar-refractivity contribution in [2.75, 3.05) is 19.8 Å². The molecule has 25 heavy (non-hydrogen) atoms. The van der Waals surface area contributed by atoms with Gasteiger partial charge in [-0.3, -0.25) is 4.79 Å². The van der Waals surface area contributed by atoms with Gasteiger partial charge in [-0.25, -0.2) is 0 Å². The zero-order valence-corrected chi connectivity index (χ0v) is 13.8. The van der Waals surface area contributed by atoms with E-state index in [-0.39, 0.29) is 12.5 Å². The molecule has 0 fully saturated rings. The number of aliphatic hydroxyl groups excluding tert-OH is 1. The SMILES string of the molecule is O=C(NC[C@H](O)c1ccc2c(c1)OCCO2)c1noc2c1CCCC2. The number of amides is 1. The van der Waals surface area contributed by atoms with E-state index in [1.54, 1.807) is 18.2 Å². The quantitative estimate of drug-likeness (QED) is 0.878. The third-order valence-electron chi connectivity index (χ3n) is 4.57. The Kier molecular flexibility index (Phi) is 4.31. The molecule has 0 unspecified atom stereocenters. The van der Waals surface area contributed by atoms with Gasteiger partial charge in [-0.2, -0.15) is 0 Å². The minimum atomic E-state index is -0.845. The van der Waals surface area contributed by atoms with Gasteiger partial charge in [0.1, 0.15) is 19.0 Å². The van der Waals surface area contributed by atoms with Crippen LogP contribution < -0.4 is 14.8 Å². The monoisotopic (exact) mass is 344 g/mol. The van der Waals surface area contributed by atoms with Crippen LogP contribution in [0.4, 0.5) is 0 Å². The van der Waals surface area contributed by atoms with E-state index in [9.17, 15) is 9.90 Å². The van der Waals surface area contributed by atoms with Gasteiger partial charge in [0.2, 0.25) is 0 Å². The number of fused-ring (bicyclic) bond motifs is 2. The lowest BCUT2D eigenvalue weighted by molar-refractivity contribution is 0.0906. The summed E-state index contributed by atoms with van der Waals surface area (Å²) >= 11 is 0. The summed E-state index contributed by atoms with van der Waals surface area (Å²) in [6.07, 6.45) is 2.89. The first-order chi connectivity index (χ1) is 12.2. The Morgan fingerprint density at radius 2 is 2.00 bits per heavy atom. The van der Waals surface area contributed by atoms with E-state index in [4.69, 9.17) is 14.0 Å². The number of carbonyl (C=O) groups is 1. The Balaban J connectivity index is 1.41. The minimum absolute atomic E-state index is 0.0834. The van der Waals surface area contributed by atoms with Crippen LogP contribution in [-0.4, -0.2) is 35.9 Å². The molecule has 0 saturated heterocycles. The predicted octanol–water partition coefficient (Wildman–Crippen LogP) is 1.79. The second kappa shape index (κ2) is 6.76. The molecule has 1 amide bonds. The number of nitrogens with one attached hydrogen (secondary N) is 1. The van der Waals surface area contributed by atoms with E-state index in [1.807, 2.05) is 0 Å². The molecule has 2 aliphatic rings.